The van der Waals surface area contributed by atoms with Gasteiger partial charge in [-0.25, -0.2) is 0 Å². The van der Waals surface area contributed by atoms with E-state index in [1.807, 2.05) is 13.0 Å². The molecule has 0 radical (unpaired) electrons. The summed E-state index contributed by atoms with van der Waals surface area (Å²) < 4.78 is 11.1. The number of anilines is 1. The summed E-state index contributed by atoms with van der Waals surface area (Å²) in [6.07, 6.45) is 3.30. The molecule has 0 saturated heterocycles. The second-order valence-corrected chi connectivity index (χ2v) is 4.22. The topological polar surface area (TPSA) is 30.5 Å². The van der Waals surface area contributed by atoms with Crippen molar-refractivity contribution >= 4 is 5.69 Å². The summed E-state index contributed by atoms with van der Waals surface area (Å²) in [5, 5.41) is 3.43. The number of rotatable bonds is 6. The molecule has 1 heterocycles. The monoisotopic (exact) mass is 235 g/mol. The predicted octanol–water partition coefficient (Wildman–Crippen LogP) is 2.85. The van der Waals surface area contributed by atoms with Crippen molar-refractivity contribution in [1.29, 1.82) is 0 Å². The number of hydrogen-bond acceptors (Lipinski definition) is 3. The van der Waals surface area contributed by atoms with Crippen LogP contribution in [0.3, 0.4) is 0 Å². The van der Waals surface area contributed by atoms with Crippen LogP contribution in [0.15, 0.2) is 18.2 Å². The zero-order chi connectivity index (χ0) is 11.9. The molecule has 3 nitrogen and oxygen atoms in total. The molecule has 1 N–H and O–H groups in total. The Hall–Kier alpha value is -1.22. The van der Waals surface area contributed by atoms with Gasteiger partial charge < -0.3 is 14.8 Å². The smallest absolute Gasteiger partial charge is 0.142 e. The van der Waals surface area contributed by atoms with E-state index in [0.29, 0.717) is 0 Å². The van der Waals surface area contributed by atoms with Crippen molar-refractivity contribution in [2.45, 2.75) is 26.2 Å². The van der Waals surface area contributed by atoms with Gasteiger partial charge in [0.25, 0.3) is 0 Å². The van der Waals surface area contributed by atoms with Gasteiger partial charge >= 0.3 is 0 Å². The van der Waals surface area contributed by atoms with E-state index in [1.165, 1.54) is 17.7 Å². The molecule has 0 aromatic heterocycles. The highest BCUT2D eigenvalue weighted by Gasteiger charge is 2.12. The largest absolute Gasteiger partial charge is 0.491 e. The van der Waals surface area contributed by atoms with Gasteiger partial charge in [-0.1, -0.05) is 12.1 Å². The van der Waals surface area contributed by atoms with Gasteiger partial charge in [-0.15, -0.1) is 0 Å². The summed E-state index contributed by atoms with van der Waals surface area (Å²) in [4.78, 5) is 0. The minimum Gasteiger partial charge on any atom is -0.491 e. The molecule has 1 aliphatic heterocycles. The average molecular weight is 235 g/mol. The average Bonchev–Trinajstić information content (AvgIpc) is 2.39. The van der Waals surface area contributed by atoms with Gasteiger partial charge in [-0.3, -0.25) is 0 Å². The number of aryl methyl sites for hydroxylation is 1. The lowest BCUT2D eigenvalue weighted by molar-refractivity contribution is 0.131. The molecule has 0 spiro atoms. The summed E-state index contributed by atoms with van der Waals surface area (Å²) in [5.74, 6) is 0.985. The molecule has 0 atom stereocenters. The van der Waals surface area contributed by atoms with E-state index in [0.717, 1.165) is 45.0 Å². The van der Waals surface area contributed by atoms with E-state index in [9.17, 15) is 0 Å². The van der Waals surface area contributed by atoms with Crippen LogP contribution in [0.4, 0.5) is 5.69 Å². The predicted molar refractivity (Wildman–Crippen MR) is 69.9 cm³/mol. The van der Waals surface area contributed by atoms with Gasteiger partial charge in [-0.05, 0) is 31.4 Å². The Morgan fingerprint density at radius 1 is 1.29 bits per heavy atom. The zero-order valence-electron chi connectivity index (χ0n) is 10.5. The minimum atomic E-state index is 0.720. The Labute approximate surface area is 103 Å². The SMILES string of the molecule is CCOCCCOc1cccc2c1NCCC2. The molecule has 0 unspecified atom stereocenters. The molecule has 1 aromatic carbocycles. The Morgan fingerprint density at radius 2 is 2.24 bits per heavy atom. The van der Waals surface area contributed by atoms with Gasteiger partial charge in [0.1, 0.15) is 5.75 Å². The molecule has 0 aliphatic carbocycles. The van der Waals surface area contributed by atoms with Crippen LogP contribution in [0.5, 0.6) is 5.75 Å². The first-order chi connectivity index (χ1) is 8.42. The van der Waals surface area contributed by atoms with Gasteiger partial charge in [0.15, 0.2) is 0 Å². The molecule has 17 heavy (non-hydrogen) atoms. The number of para-hydroxylation sites is 1. The van der Waals surface area contributed by atoms with Gasteiger partial charge in [0.2, 0.25) is 0 Å². The van der Waals surface area contributed by atoms with E-state index in [-0.39, 0.29) is 0 Å². The summed E-state index contributed by atoms with van der Waals surface area (Å²) >= 11 is 0. The van der Waals surface area contributed by atoms with Crippen molar-refractivity contribution < 1.29 is 9.47 Å². The van der Waals surface area contributed by atoms with Crippen LogP contribution in [-0.2, 0) is 11.2 Å². The Morgan fingerprint density at radius 3 is 3.12 bits per heavy atom. The standard InChI is InChI=1S/C14H21NO2/c1-2-16-10-5-11-17-13-8-3-6-12-7-4-9-15-14(12)13/h3,6,8,15H,2,4-5,7,9-11H2,1H3. The maximum absolute atomic E-state index is 5.81. The third-order valence-corrected chi connectivity index (χ3v) is 2.93. The van der Waals surface area contributed by atoms with E-state index in [2.05, 4.69) is 17.4 Å². The molecular formula is C14H21NO2. The quantitative estimate of drug-likeness (QED) is 0.769. The number of ether oxygens (including phenoxy) is 2. The van der Waals surface area contributed by atoms with Crippen LogP contribution < -0.4 is 10.1 Å². The van der Waals surface area contributed by atoms with E-state index in [4.69, 9.17) is 9.47 Å². The molecule has 0 bridgehead atoms. The second kappa shape index (κ2) is 6.50. The number of benzene rings is 1. The molecule has 3 heteroatoms. The second-order valence-electron chi connectivity index (χ2n) is 4.22. The number of nitrogens with one attached hydrogen (secondary N) is 1. The molecule has 0 saturated carbocycles. The third-order valence-electron chi connectivity index (χ3n) is 2.93. The van der Waals surface area contributed by atoms with Crippen LogP contribution >= 0.6 is 0 Å². The molecule has 1 aromatic rings. The van der Waals surface area contributed by atoms with Crippen molar-refractivity contribution in [3.63, 3.8) is 0 Å². The first-order valence-corrected chi connectivity index (χ1v) is 6.48. The van der Waals surface area contributed by atoms with Crippen molar-refractivity contribution in [3.05, 3.63) is 23.8 Å². The maximum atomic E-state index is 5.81. The van der Waals surface area contributed by atoms with Crippen LogP contribution in [0.25, 0.3) is 0 Å². The van der Waals surface area contributed by atoms with E-state index < -0.39 is 0 Å². The third kappa shape index (κ3) is 3.37. The molecule has 0 fully saturated rings. The fourth-order valence-corrected chi connectivity index (χ4v) is 2.09. The Bertz CT molecular complexity index is 352. The van der Waals surface area contributed by atoms with Crippen LogP contribution in [0.2, 0.25) is 0 Å². The fraction of sp³-hybridized carbons (Fsp3) is 0.571. The summed E-state index contributed by atoms with van der Waals surface area (Å²) in [6.45, 7) is 5.34. The van der Waals surface area contributed by atoms with Crippen LogP contribution in [-0.4, -0.2) is 26.4 Å². The highest BCUT2D eigenvalue weighted by Crippen LogP contribution is 2.31. The highest BCUT2D eigenvalue weighted by molar-refractivity contribution is 5.63. The number of fused-ring (bicyclic) bond motifs is 1. The van der Waals surface area contributed by atoms with Gasteiger partial charge in [-0.2, -0.15) is 0 Å². The normalized spacial score (nSPS) is 13.9. The van der Waals surface area contributed by atoms with E-state index >= 15 is 0 Å². The Balaban J connectivity index is 1.87. The lowest BCUT2D eigenvalue weighted by atomic mass is 10.0. The lowest BCUT2D eigenvalue weighted by Crippen LogP contribution is -2.13. The maximum Gasteiger partial charge on any atom is 0.142 e. The summed E-state index contributed by atoms with van der Waals surface area (Å²) in [7, 11) is 0. The molecule has 1 aliphatic rings. The first kappa shape index (κ1) is 12.2. The summed E-state index contributed by atoms with van der Waals surface area (Å²) in [6, 6.07) is 6.29. The van der Waals surface area contributed by atoms with Crippen molar-refractivity contribution in [1.82, 2.24) is 0 Å². The molecule has 2 rings (SSSR count). The van der Waals surface area contributed by atoms with Crippen molar-refractivity contribution in [2.24, 2.45) is 0 Å². The molecule has 94 valence electrons. The molecular weight excluding hydrogens is 214 g/mol. The first-order valence-electron chi connectivity index (χ1n) is 6.48. The van der Waals surface area contributed by atoms with Gasteiger partial charge in [0.05, 0.1) is 12.3 Å². The minimum absolute atomic E-state index is 0.720. The van der Waals surface area contributed by atoms with Crippen molar-refractivity contribution in [3.8, 4) is 5.75 Å². The highest BCUT2D eigenvalue weighted by atomic mass is 16.5. The number of hydrogen-bond donors (Lipinski definition) is 1. The Kier molecular flexibility index (Phi) is 4.68. The fourth-order valence-electron chi connectivity index (χ4n) is 2.09. The molecule has 0 amide bonds. The zero-order valence-corrected chi connectivity index (χ0v) is 10.5. The van der Waals surface area contributed by atoms with Crippen LogP contribution in [0, 0.1) is 0 Å². The lowest BCUT2D eigenvalue weighted by Gasteiger charge is -2.21. The van der Waals surface area contributed by atoms with E-state index in [1.54, 1.807) is 0 Å². The van der Waals surface area contributed by atoms with Crippen LogP contribution in [0.1, 0.15) is 25.3 Å². The van der Waals surface area contributed by atoms with Crippen molar-refractivity contribution in [2.75, 3.05) is 31.7 Å². The van der Waals surface area contributed by atoms with Gasteiger partial charge in [0, 0.05) is 26.2 Å². The summed E-state index contributed by atoms with van der Waals surface area (Å²) in [5.41, 5.74) is 2.56.